The summed E-state index contributed by atoms with van der Waals surface area (Å²) in [6, 6.07) is 0. The molecule has 0 heterocycles. The van der Waals surface area contributed by atoms with Gasteiger partial charge in [-0.25, -0.2) is 0 Å². The summed E-state index contributed by atoms with van der Waals surface area (Å²) in [6.45, 7) is 0. The van der Waals surface area contributed by atoms with Crippen molar-refractivity contribution >= 4 is 66.2 Å². The number of hydrogen-bond donors (Lipinski definition) is 0. The molecule has 0 saturated carbocycles. The molecule has 0 aliphatic carbocycles. The van der Waals surface area contributed by atoms with Crippen molar-refractivity contribution in [3.05, 3.63) is 0 Å². The summed E-state index contributed by atoms with van der Waals surface area (Å²) in [5.74, 6) is 0. The largest absolute Gasteiger partial charge is 2.00 e. The molecule has 0 aliphatic heterocycles. The zero-order valence-corrected chi connectivity index (χ0v) is 15.3. The minimum Gasteiger partial charge on any atom is -1.00 e. The molecule has 0 bridgehead atoms. The van der Waals surface area contributed by atoms with Gasteiger partial charge in [0.2, 0.25) is 0 Å². The topological polar surface area (TPSA) is 0 Å². The molecule has 5 heteroatoms. The third kappa shape index (κ3) is 17.6. The van der Waals surface area contributed by atoms with Crippen molar-refractivity contribution in [1.82, 2.24) is 0 Å². The Morgan fingerprint density at radius 2 is 1.20 bits per heavy atom. The van der Waals surface area contributed by atoms with Crippen molar-refractivity contribution in [1.29, 1.82) is 0 Å². The Bertz CT molecular complexity index is 19.2. The molecular formula is H6AlBaLaNaZr. The molecule has 0 saturated heterocycles. The van der Waals surface area contributed by atoms with Crippen LogP contribution in [0.1, 0.15) is 4.28 Å². The molecule has 0 aliphatic rings. The zero-order valence-electron chi connectivity index (χ0n) is 5.78. The molecule has 0 nitrogen and oxygen atoms in total. The first-order valence-corrected chi connectivity index (χ1v) is 0. The van der Waals surface area contributed by atoms with E-state index in [0.29, 0.717) is 0 Å². The minimum absolute atomic E-state index is 0. The van der Waals surface area contributed by atoms with Crippen molar-refractivity contribution < 1.29 is 95.6 Å². The van der Waals surface area contributed by atoms with Crippen LogP contribution in [0.15, 0.2) is 0 Å². The fourth-order valence-corrected chi connectivity index (χ4v) is 0. The number of rotatable bonds is 0. The van der Waals surface area contributed by atoms with E-state index in [1.807, 2.05) is 0 Å². The average Bonchev–Trinajstić information content (AvgIpc) is 0. The molecular weight excluding hydrogens is 417 g/mol. The van der Waals surface area contributed by atoms with E-state index in [1.54, 1.807) is 0 Å². The van der Waals surface area contributed by atoms with E-state index in [1.165, 1.54) is 0 Å². The van der Waals surface area contributed by atoms with Crippen LogP contribution in [0.4, 0.5) is 0 Å². The van der Waals surface area contributed by atoms with Crippen LogP contribution < -0.4 is 29.6 Å². The smallest absolute Gasteiger partial charge is 1.00 e. The molecule has 0 aromatic heterocycles. The van der Waals surface area contributed by atoms with E-state index in [9.17, 15) is 0 Å². The van der Waals surface area contributed by atoms with Gasteiger partial charge in [-0.2, -0.15) is 0 Å². The third-order valence-electron chi connectivity index (χ3n) is 0. The van der Waals surface area contributed by atoms with Gasteiger partial charge < -0.3 is 4.28 Å². The SMILES string of the molecule is [AlH3].[Ba+2].[H-].[H-].[H-].[La].[Na+].[Zr]. The molecule has 0 amide bonds. The summed E-state index contributed by atoms with van der Waals surface area (Å²) < 4.78 is 0. The van der Waals surface area contributed by atoms with Gasteiger partial charge in [0.05, 0.1) is 0 Å². The van der Waals surface area contributed by atoms with Gasteiger partial charge in [0, 0.05) is 61.8 Å². The van der Waals surface area contributed by atoms with Crippen molar-refractivity contribution in [2.75, 3.05) is 0 Å². The van der Waals surface area contributed by atoms with Gasteiger partial charge in [-0.05, 0) is 0 Å². The van der Waals surface area contributed by atoms with Gasteiger partial charge in [-0.15, -0.1) is 0 Å². The molecule has 0 unspecified atom stereocenters. The second-order valence-electron chi connectivity index (χ2n) is 0. The molecule has 5 heavy (non-hydrogen) atoms. The van der Waals surface area contributed by atoms with E-state index < -0.39 is 0 Å². The molecule has 0 aromatic carbocycles. The Hall–Kier alpha value is 5.18. The third-order valence-corrected chi connectivity index (χ3v) is 0. The summed E-state index contributed by atoms with van der Waals surface area (Å²) in [5.41, 5.74) is 0. The molecule has 0 N–H and O–H groups in total. The van der Waals surface area contributed by atoms with Crippen LogP contribution in [0.5, 0.6) is 0 Å². The molecule has 0 atom stereocenters. The quantitative estimate of drug-likeness (QED) is 0.347. The second kappa shape index (κ2) is 22.9. The Kier molecular flexibility index (Phi) is 146. The van der Waals surface area contributed by atoms with Gasteiger partial charge in [-0.1, -0.05) is 0 Å². The van der Waals surface area contributed by atoms with E-state index in [-0.39, 0.29) is 162 Å². The summed E-state index contributed by atoms with van der Waals surface area (Å²) >= 11 is 0. The maximum absolute atomic E-state index is 0. The van der Waals surface area contributed by atoms with E-state index >= 15 is 0 Å². The Labute approximate surface area is 157 Å². The van der Waals surface area contributed by atoms with Crippen molar-refractivity contribution in [2.45, 2.75) is 0 Å². The number of hydrogen-bond acceptors (Lipinski definition) is 0. The summed E-state index contributed by atoms with van der Waals surface area (Å²) in [5, 5.41) is 0. The van der Waals surface area contributed by atoms with E-state index in [0.717, 1.165) is 0 Å². The average molecular weight is 423 g/mol. The van der Waals surface area contributed by atoms with Crippen molar-refractivity contribution in [2.24, 2.45) is 0 Å². The van der Waals surface area contributed by atoms with Gasteiger partial charge in [0.25, 0.3) is 0 Å². The molecule has 0 fully saturated rings. The summed E-state index contributed by atoms with van der Waals surface area (Å²) in [7, 11) is 0. The van der Waals surface area contributed by atoms with Gasteiger partial charge in [0.1, 0.15) is 0 Å². The van der Waals surface area contributed by atoms with Crippen molar-refractivity contribution in [3.8, 4) is 0 Å². The fraction of sp³-hybridized carbons (Fsp3) is 0. The Morgan fingerprint density at radius 3 is 1.20 bits per heavy atom. The van der Waals surface area contributed by atoms with Crippen LogP contribution in [0.3, 0.4) is 0 Å². The Balaban J connectivity index is 0. The maximum Gasteiger partial charge on any atom is 2.00 e. The van der Waals surface area contributed by atoms with Crippen molar-refractivity contribution in [3.63, 3.8) is 0 Å². The molecule has 19 valence electrons. The first-order chi connectivity index (χ1) is 0. The molecule has 0 aromatic rings. The summed E-state index contributed by atoms with van der Waals surface area (Å²) in [4.78, 5) is 0. The summed E-state index contributed by atoms with van der Waals surface area (Å²) in [6.07, 6.45) is 0. The Morgan fingerprint density at radius 1 is 1.20 bits per heavy atom. The predicted octanol–water partition coefficient (Wildman–Crippen LogP) is -4.23. The van der Waals surface area contributed by atoms with Gasteiger partial charge in [0.15, 0.2) is 17.4 Å². The minimum atomic E-state index is 0. The zero-order chi connectivity index (χ0) is 0. The molecule has 0 rings (SSSR count). The first kappa shape index (κ1) is 32.0. The second-order valence-corrected chi connectivity index (χ2v) is 0. The van der Waals surface area contributed by atoms with Gasteiger partial charge in [-0.3, -0.25) is 0 Å². The van der Waals surface area contributed by atoms with E-state index in [2.05, 4.69) is 0 Å². The molecule has 0 spiro atoms. The monoisotopic (exact) mass is 423 g/mol. The van der Waals surface area contributed by atoms with E-state index in [4.69, 9.17) is 0 Å². The first-order valence-electron chi connectivity index (χ1n) is 0. The normalized spacial score (nSPS) is 0. The molecule has 1 radical (unpaired) electrons. The fourth-order valence-electron chi connectivity index (χ4n) is 0. The van der Waals surface area contributed by atoms with Crippen LogP contribution in [-0.2, 0) is 26.2 Å². The van der Waals surface area contributed by atoms with Gasteiger partial charge >= 0.3 is 78.4 Å². The predicted molar refractivity (Wildman–Crippen MR) is 19.0 cm³/mol. The maximum atomic E-state index is 0. The van der Waals surface area contributed by atoms with Crippen LogP contribution in [0.25, 0.3) is 0 Å². The van der Waals surface area contributed by atoms with Crippen LogP contribution in [0.2, 0.25) is 0 Å². The standard InChI is InChI=1S/Al.Ba.La.Na.Zr.6H/q;+2;;+1;;;;;3*-1. The van der Waals surface area contributed by atoms with Crippen LogP contribution in [-0.4, -0.2) is 66.2 Å². The van der Waals surface area contributed by atoms with Crippen LogP contribution in [0, 0.1) is 35.6 Å². The van der Waals surface area contributed by atoms with Crippen LogP contribution >= 0.6 is 0 Å².